The quantitative estimate of drug-likeness (QED) is 0.346. The zero-order valence-corrected chi connectivity index (χ0v) is 23.6. The van der Waals surface area contributed by atoms with E-state index in [0.29, 0.717) is 16.9 Å². The number of piperidine rings is 1. The summed E-state index contributed by atoms with van der Waals surface area (Å²) in [4.78, 5) is 12.7. The fourth-order valence-electron chi connectivity index (χ4n) is 5.41. The van der Waals surface area contributed by atoms with Gasteiger partial charge in [-0.2, -0.15) is 0 Å². The van der Waals surface area contributed by atoms with E-state index >= 15 is 8.78 Å². The molecule has 0 saturated carbocycles. The first-order chi connectivity index (χ1) is 18.5. The van der Waals surface area contributed by atoms with Crippen molar-refractivity contribution in [3.8, 4) is 5.75 Å². The molecular weight excluding hydrogens is 503 g/mol. The molecule has 2 aromatic carbocycles. The number of benzene rings is 2. The molecule has 0 amide bonds. The molecule has 2 aliphatic rings. The van der Waals surface area contributed by atoms with Crippen LogP contribution in [0, 0.1) is 11.6 Å². The van der Waals surface area contributed by atoms with Gasteiger partial charge in [0.15, 0.2) is 11.6 Å². The lowest BCUT2D eigenvalue weighted by Crippen LogP contribution is -2.50. The number of nitrogens with zero attached hydrogens (tertiary/aromatic N) is 4. The Morgan fingerprint density at radius 1 is 1.10 bits per heavy atom. The van der Waals surface area contributed by atoms with Crippen molar-refractivity contribution in [2.45, 2.75) is 64.6 Å². The molecule has 4 rings (SSSR count). The Kier molecular flexibility index (Phi) is 8.69. The molecule has 6 nitrogen and oxygen atoms in total. The predicted octanol–water partition coefficient (Wildman–Crippen LogP) is 6.53. The summed E-state index contributed by atoms with van der Waals surface area (Å²) >= 11 is 0. The van der Waals surface area contributed by atoms with Gasteiger partial charge in [0, 0.05) is 24.3 Å². The molecule has 2 aliphatic heterocycles. The van der Waals surface area contributed by atoms with Gasteiger partial charge in [-0.15, -0.1) is 0 Å². The Bertz CT molecular complexity index is 1280. The van der Waals surface area contributed by atoms with Gasteiger partial charge in [-0.3, -0.25) is 4.99 Å². The van der Waals surface area contributed by atoms with Crippen molar-refractivity contribution in [1.29, 1.82) is 0 Å². The fourth-order valence-corrected chi connectivity index (χ4v) is 5.41. The van der Waals surface area contributed by atoms with E-state index in [2.05, 4.69) is 38.7 Å². The number of rotatable bonds is 5. The number of fused-ring (bicyclic) bond motifs is 1. The fraction of sp³-hybridized carbons (Fsp3) is 0.467. The predicted molar refractivity (Wildman–Crippen MR) is 153 cm³/mol. The van der Waals surface area contributed by atoms with E-state index in [0.717, 1.165) is 25.9 Å². The molecule has 2 aromatic rings. The average Bonchev–Trinajstić information content (AvgIpc) is 2.88. The normalized spacial score (nSPS) is 21.1. The SMILES string of the molecule is C=C(F)/C(=N\C(=N/C)Nc1ccc(C2CCN(C)CC2)c(F)c1)c1cc(F)c2c(c1)N(C(C)C)C(C)C(C)O2. The number of hydrogen-bond acceptors (Lipinski definition) is 4. The molecule has 0 radical (unpaired) electrons. The van der Waals surface area contributed by atoms with E-state index in [1.165, 1.54) is 19.2 Å². The van der Waals surface area contributed by atoms with Crippen LogP contribution in [0.4, 0.5) is 24.5 Å². The highest BCUT2D eigenvalue weighted by Gasteiger charge is 2.34. The molecule has 39 heavy (non-hydrogen) atoms. The van der Waals surface area contributed by atoms with E-state index in [1.54, 1.807) is 18.2 Å². The van der Waals surface area contributed by atoms with Crippen molar-refractivity contribution in [2.24, 2.45) is 9.98 Å². The summed E-state index contributed by atoms with van der Waals surface area (Å²) < 4.78 is 50.9. The number of hydrogen-bond donors (Lipinski definition) is 1. The Morgan fingerprint density at radius 3 is 2.38 bits per heavy atom. The van der Waals surface area contributed by atoms with Crippen LogP contribution in [0.5, 0.6) is 5.75 Å². The third-order valence-electron chi connectivity index (χ3n) is 7.66. The average molecular weight is 542 g/mol. The van der Waals surface area contributed by atoms with Crippen molar-refractivity contribution >= 4 is 23.0 Å². The lowest BCUT2D eigenvalue weighted by molar-refractivity contribution is 0.164. The summed E-state index contributed by atoms with van der Waals surface area (Å²) in [5.74, 6) is -1.44. The van der Waals surface area contributed by atoms with E-state index in [9.17, 15) is 4.39 Å². The molecule has 9 heteroatoms. The van der Waals surface area contributed by atoms with Gasteiger partial charge >= 0.3 is 0 Å². The minimum absolute atomic E-state index is 0.0251. The number of guanidine groups is 1. The Morgan fingerprint density at radius 2 is 1.79 bits per heavy atom. The van der Waals surface area contributed by atoms with Gasteiger partial charge < -0.3 is 19.9 Å². The highest BCUT2D eigenvalue weighted by molar-refractivity contribution is 6.17. The molecule has 1 saturated heterocycles. The molecule has 0 bridgehead atoms. The molecule has 0 spiro atoms. The maximum absolute atomic E-state index is 15.3. The van der Waals surface area contributed by atoms with Gasteiger partial charge in [0.2, 0.25) is 5.96 Å². The molecule has 0 aromatic heterocycles. The van der Waals surface area contributed by atoms with Crippen LogP contribution >= 0.6 is 0 Å². The van der Waals surface area contributed by atoms with E-state index in [1.807, 2.05) is 27.7 Å². The lowest BCUT2D eigenvalue weighted by Gasteiger charge is -2.43. The van der Waals surface area contributed by atoms with E-state index < -0.39 is 11.6 Å². The van der Waals surface area contributed by atoms with Gasteiger partial charge in [0.25, 0.3) is 0 Å². The second kappa shape index (κ2) is 11.8. The molecule has 0 aliphatic carbocycles. The van der Waals surface area contributed by atoms with Gasteiger partial charge in [0.05, 0.1) is 11.7 Å². The number of halogens is 3. The number of anilines is 2. The maximum atomic E-state index is 15.3. The van der Waals surface area contributed by atoms with Gasteiger partial charge in [-0.1, -0.05) is 12.6 Å². The minimum Gasteiger partial charge on any atom is -0.483 e. The molecule has 1 fully saturated rings. The van der Waals surface area contributed by atoms with Crippen LogP contribution < -0.4 is 15.0 Å². The highest BCUT2D eigenvalue weighted by Crippen LogP contribution is 2.41. The van der Waals surface area contributed by atoms with Crippen LogP contribution in [0.3, 0.4) is 0 Å². The van der Waals surface area contributed by atoms with Crippen LogP contribution in [0.1, 0.15) is 57.6 Å². The summed E-state index contributed by atoms with van der Waals surface area (Å²) in [7, 11) is 3.55. The standard InChI is InChI=1S/C30H38F3N5O/c1-17(2)38-19(4)20(5)39-29-26(33)14-22(15-27(29)38)28(18(3)31)36-30(34-6)35-23-8-9-24(25(32)16-23)21-10-12-37(7)13-11-21/h8-9,14-17,19-21H,3,10-13H2,1-2,4-7H3,(H,34,35)/b36-28+. The third-order valence-corrected chi connectivity index (χ3v) is 7.66. The molecule has 2 heterocycles. The minimum atomic E-state index is -0.852. The number of likely N-dealkylation sites (tertiary alicyclic amines) is 1. The maximum Gasteiger partial charge on any atom is 0.222 e. The number of ether oxygens (including phenoxy) is 1. The molecule has 2 unspecified atom stereocenters. The van der Waals surface area contributed by atoms with Crippen LogP contribution in [0.2, 0.25) is 0 Å². The van der Waals surface area contributed by atoms with E-state index in [-0.39, 0.29) is 52.9 Å². The smallest absolute Gasteiger partial charge is 0.222 e. The first-order valence-corrected chi connectivity index (χ1v) is 13.4. The Balaban J connectivity index is 1.63. The first-order valence-electron chi connectivity index (χ1n) is 13.4. The summed E-state index contributed by atoms with van der Waals surface area (Å²) in [5, 5.41) is 2.96. The molecule has 2 atom stereocenters. The molecule has 210 valence electrons. The van der Waals surface area contributed by atoms with Crippen LogP contribution in [-0.2, 0) is 0 Å². The van der Waals surface area contributed by atoms with Crippen molar-refractivity contribution in [3.63, 3.8) is 0 Å². The van der Waals surface area contributed by atoms with Crippen molar-refractivity contribution in [1.82, 2.24) is 4.90 Å². The van der Waals surface area contributed by atoms with Crippen molar-refractivity contribution in [2.75, 3.05) is 37.4 Å². The van der Waals surface area contributed by atoms with Gasteiger partial charge in [0.1, 0.15) is 23.5 Å². The van der Waals surface area contributed by atoms with Crippen LogP contribution in [-0.4, -0.2) is 61.9 Å². The van der Waals surface area contributed by atoms with Gasteiger partial charge in [-0.05, 0) is 96.4 Å². The Labute approximate surface area is 229 Å². The largest absolute Gasteiger partial charge is 0.483 e. The monoisotopic (exact) mass is 541 g/mol. The number of aliphatic imine (C=N–C) groups is 2. The number of allylic oxidation sites excluding steroid dienone is 1. The second-order valence-electron chi connectivity index (χ2n) is 10.7. The summed E-state index contributed by atoms with van der Waals surface area (Å²) in [6.45, 7) is 13.2. The van der Waals surface area contributed by atoms with Crippen molar-refractivity contribution in [3.05, 3.63) is 65.5 Å². The highest BCUT2D eigenvalue weighted by atomic mass is 19.1. The van der Waals surface area contributed by atoms with E-state index in [4.69, 9.17) is 4.74 Å². The van der Waals surface area contributed by atoms with Gasteiger partial charge in [-0.25, -0.2) is 18.2 Å². The summed E-state index contributed by atoms with van der Waals surface area (Å²) in [5.41, 5.74) is 1.66. The van der Waals surface area contributed by atoms with Crippen molar-refractivity contribution < 1.29 is 17.9 Å². The zero-order valence-electron chi connectivity index (χ0n) is 23.6. The third kappa shape index (κ3) is 6.13. The number of nitrogens with one attached hydrogen (secondary N) is 1. The molecular formula is C30H38F3N5O. The first kappa shape index (κ1) is 28.7. The Hall–Kier alpha value is -3.33. The van der Waals surface area contributed by atoms with Crippen LogP contribution in [0.25, 0.3) is 0 Å². The summed E-state index contributed by atoms with van der Waals surface area (Å²) in [6.07, 6.45) is 1.59. The molecule has 1 N–H and O–H groups in total. The summed E-state index contributed by atoms with van der Waals surface area (Å²) in [6, 6.07) is 7.82. The second-order valence-corrected chi connectivity index (χ2v) is 10.7. The van der Waals surface area contributed by atoms with Crippen LogP contribution in [0.15, 0.2) is 52.7 Å². The topological polar surface area (TPSA) is 52.5 Å². The zero-order chi connectivity index (χ0) is 28.4. The lowest BCUT2D eigenvalue weighted by atomic mass is 9.89.